The Labute approximate surface area is 131 Å². The van der Waals surface area contributed by atoms with Crippen LogP contribution in [0.4, 0.5) is 0 Å². The van der Waals surface area contributed by atoms with Gasteiger partial charge in [-0.05, 0) is 68.4 Å². The first-order valence-electron chi connectivity index (χ1n) is 8.90. The Morgan fingerprint density at radius 3 is 2.91 bits per heavy atom. The Bertz CT molecular complexity index is 553. The van der Waals surface area contributed by atoms with Crippen molar-refractivity contribution in [2.45, 2.75) is 63.1 Å². The normalized spacial score (nSPS) is 43.6. The van der Waals surface area contributed by atoms with Gasteiger partial charge in [0.15, 0.2) is 0 Å². The predicted octanol–water partition coefficient (Wildman–Crippen LogP) is 1.57. The fraction of sp³-hybridized carbons (Fsp3) is 0.765. The van der Waals surface area contributed by atoms with E-state index in [0.717, 1.165) is 12.8 Å². The molecule has 5 aliphatic rings. The molecule has 118 valence electrons. The molecule has 0 aromatic rings. The zero-order chi connectivity index (χ0) is 14.7. The van der Waals surface area contributed by atoms with Crippen molar-refractivity contribution in [3.63, 3.8) is 0 Å². The van der Waals surface area contributed by atoms with E-state index in [2.05, 4.69) is 22.0 Å². The van der Waals surface area contributed by atoms with Crippen LogP contribution in [0.5, 0.6) is 0 Å². The van der Waals surface area contributed by atoms with Crippen LogP contribution >= 0.6 is 0 Å². The molecule has 5 atom stereocenters. The van der Waals surface area contributed by atoms with Crippen molar-refractivity contribution in [1.29, 1.82) is 0 Å². The lowest BCUT2D eigenvalue weighted by Gasteiger charge is -2.48. The summed E-state index contributed by atoms with van der Waals surface area (Å²) < 4.78 is 0. The zero-order valence-corrected chi connectivity index (χ0v) is 12.9. The second-order valence-electron chi connectivity index (χ2n) is 7.62. The summed E-state index contributed by atoms with van der Waals surface area (Å²) in [6.45, 7) is 0. The van der Waals surface area contributed by atoms with Gasteiger partial charge in [-0.1, -0.05) is 0 Å². The molecule has 0 radical (unpaired) electrons. The van der Waals surface area contributed by atoms with Crippen LogP contribution in [0.25, 0.3) is 0 Å². The number of hydrazine groups is 1. The number of rotatable bonds is 1. The summed E-state index contributed by atoms with van der Waals surface area (Å²) in [5, 5.41) is 6.31. The molecule has 3 aliphatic carbocycles. The molecule has 5 unspecified atom stereocenters. The van der Waals surface area contributed by atoms with Gasteiger partial charge in [0.25, 0.3) is 0 Å². The summed E-state index contributed by atoms with van der Waals surface area (Å²) in [4.78, 5) is 13.1. The summed E-state index contributed by atoms with van der Waals surface area (Å²) in [5.74, 6) is 1.63. The molecule has 1 saturated heterocycles. The summed E-state index contributed by atoms with van der Waals surface area (Å²) in [7, 11) is 0. The second-order valence-corrected chi connectivity index (χ2v) is 7.62. The van der Waals surface area contributed by atoms with Crippen LogP contribution in [-0.2, 0) is 4.79 Å². The fourth-order valence-corrected chi connectivity index (χ4v) is 5.38. The molecule has 22 heavy (non-hydrogen) atoms. The highest BCUT2D eigenvalue weighted by molar-refractivity contribution is 5.81. The molecule has 5 heteroatoms. The Balaban J connectivity index is 1.48. The van der Waals surface area contributed by atoms with E-state index >= 15 is 0 Å². The minimum absolute atomic E-state index is 0.215. The van der Waals surface area contributed by atoms with E-state index < -0.39 is 0 Å². The Hall–Kier alpha value is -1.36. The molecule has 3 saturated carbocycles. The van der Waals surface area contributed by atoms with Gasteiger partial charge < -0.3 is 5.43 Å². The van der Waals surface area contributed by atoms with Crippen molar-refractivity contribution in [2.24, 2.45) is 22.9 Å². The summed E-state index contributed by atoms with van der Waals surface area (Å²) in [6, 6.07) is 1.30. The lowest BCUT2D eigenvalue weighted by Crippen LogP contribution is -2.64. The van der Waals surface area contributed by atoms with Gasteiger partial charge in [-0.15, -0.1) is 0 Å². The summed E-state index contributed by atoms with van der Waals surface area (Å²) >= 11 is 0. The van der Waals surface area contributed by atoms with Gasteiger partial charge in [0, 0.05) is 24.2 Å². The van der Waals surface area contributed by atoms with Crippen LogP contribution in [0.2, 0.25) is 0 Å². The maximum atomic E-state index is 13.1. The molecule has 5 nitrogen and oxygen atoms in total. The Morgan fingerprint density at radius 1 is 1.18 bits per heavy atom. The third-order valence-electron chi connectivity index (χ3n) is 6.68. The molecule has 2 N–H and O–H groups in total. The van der Waals surface area contributed by atoms with E-state index in [0.29, 0.717) is 35.9 Å². The number of nitrogens with one attached hydrogen (secondary N) is 2. The maximum Gasteiger partial charge on any atom is 0.240 e. The highest BCUT2D eigenvalue weighted by Gasteiger charge is 2.54. The van der Waals surface area contributed by atoms with Gasteiger partial charge in [-0.25, -0.2) is 5.43 Å². The van der Waals surface area contributed by atoms with Crippen LogP contribution < -0.4 is 10.9 Å². The number of hydrazone groups is 1. The first kappa shape index (κ1) is 13.1. The largest absolute Gasteiger partial charge is 0.303 e. The smallest absolute Gasteiger partial charge is 0.240 e. The molecule has 0 aromatic carbocycles. The minimum Gasteiger partial charge on any atom is -0.303 e. The Morgan fingerprint density at radius 2 is 2.09 bits per heavy atom. The molecule has 0 bridgehead atoms. The van der Waals surface area contributed by atoms with Crippen LogP contribution in [0.1, 0.15) is 44.9 Å². The van der Waals surface area contributed by atoms with Crippen molar-refractivity contribution in [3.05, 3.63) is 11.6 Å². The van der Waals surface area contributed by atoms with Crippen molar-refractivity contribution in [1.82, 2.24) is 15.9 Å². The molecule has 1 amide bonds. The number of hydrogen-bond donors (Lipinski definition) is 2. The molecule has 0 spiro atoms. The van der Waals surface area contributed by atoms with E-state index in [4.69, 9.17) is 0 Å². The van der Waals surface area contributed by atoms with Crippen molar-refractivity contribution >= 4 is 12.1 Å². The molecular formula is C17H24N4O. The van der Waals surface area contributed by atoms with Gasteiger partial charge in [-0.2, -0.15) is 5.10 Å². The average molecular weight is 300 g/mol. The minimum atomic E-state index is 0.215. The number of nitrogens with zero attached hydrogens (tertiary/aromatic N) is 2. The quantitative estimate of drug-likeness (QED) is 0.773. The van der Waals surface area contributed by atoms with E-state index in [-0.39, 0.29) is 5.92 Å². The van der Waals surface area contributed by atoms with E-state index in [1.807, 2.05) is 11.2 Å². The van der Waals surface area contributed by atoms with Crippen molar-refractivity contribution in [3.8, 4) is 0 Å². The molecular weight excluding hydrogens is 276 g/mol. The number of carbonyl (C=O) groups is 1. The van der Waals surface area contributed by atoms with Crippen molar-refractivity contribution in [2.75, 3.05) is 0 Å². The maximum absolute atomic E-state index is 13.1. The van der Waals surface area contributed by atoms with E-state index in [9.17, 15) is 4.79 Å². The fourth-order valence-electron chi connectivity index (χ4n) is 5.38. The Kier molecular flexibility index (Phi) is 2.87. The van der Waals surface area contributed by atoms with Crippen LogP contribution in [0.3, 0.4) is 0 Å². The lowest BCUT2D eigenvalue weighted by molar-refractivity contribution is -0.155. The van der Waals surface area contributed by atoms with Crippen LogP contribution in [0.15, 0.2) is 16.8 Å². The molecule has 4 fully saturated rings. The number of carbonyl (C=O) groups excluding carboxylic acids is 1. The van der Waals surface area contributed by atoms with Gasteiger partial charge in [0.1, 0.15) is 0 Å². The third kappa shape index (κ3) is 1.75. The zero-order valence-electron chi connectivity index (χ0n) is 12.9. The third-order valence-corrected chi connectivity index (χ3v) is 6.68. The van der Waals surface area contributed by atoms with Gasteiger partial charge >= 0.3 is 0 Å². The van der Waals surface area contributed by atoms with Gasteiger partial charge in [-0.3, -0.25) is 9.80 Å². The highest BCUT2D eigenvalue weighted by atomic mass is 16.2. The number of fused-ring (bicyclic) bond motifs is 2. The summed E-state index contributed by atoms with van der Waals surface area (Å²) in [6.07, 6.45) is 12.1. The number of amides is 1. The SMILES string of the molecule is O=C1C2CCC3=CC=NNC3C3CCC(NN1C1CCC1)C23. The first-order chi connectivity index (χ1) is 10.8. The predicted molar refractivity (Wildman–Crippen MR) is 83.8 cm³/mol. The topological polar surface area (TPSA) is 56.7 Å². The highest BCUT2D eigenvalue weighted by Crippen LogP contribution is 2.49. The summed E-state index contributed by atoms with van der Waals surface area (Å²) in [5.41, 5.74) is 8.42. The van der Waals surface area contributed by atoms with Crippen molar-refractivity contribution < 1.29 is 4.79 Å². The molecule has 0 aromatic heterocycles. The number of allylic oxidation sites excluding steroid dienone is 1. The molecule has 2 aliphatic heterocycles. The molecule has 2 heterocycles. The van der Waals surface area contributed by atoms with E-state index in [1.54, 1.807) is 0 Å². The number of hydrogen-bond acceptors (Lipinski definition) is 4. The monoisotopic (exact) mass is 300 g/mol. The lowest BCUT2D eigenvalue weighted by atomic mass is 9.76. The average Bonchev–Trinajstić information content (AvgIpc) is 2.81. The second kappa shape index (κ2) is 4.82. The van der Waals surface area contributed by atoms with Gasteiger partial charge in [0.2, 0.25) is 5.91 Å². The standard InChI is InChI=1S/C17H24N4O/c22-17-13-5-4-10-8-9-18-19-16(10)12-6-7-14(15(12)13)20-21(17)11-2-1-3-11/h8-9,11-16,19-20H,1-7H2. The van der Waals surface area contributed by atoms with Gasteiger partial charge in [0.05, 0.1) is 6.04 Å². The first-order valence-corrected chi connectivity index (χ1v) is 8.90. The van der Waals surface area contributed by atoms with Crippen LogP contribution in [-0.4, -0.2) is 35.3 Å². The molecule has 5 rings (SSSR count). The van der Waals surface area contributed by atoms with Crippen LogP contribution in [0, 0.1) is 17.8 Å². The van der Waals surface area contributed by atoms with E-state index in [1.165, 1.54) is 37.7 Å².